The van der Waals surface area contributed by atoms with Crippen molar-refractivity contribution >= 4 is 0 Å². The molecule has 1 fully saturated rings. The van der Waals surface area contributed by atoms with Gasteiger partial charge in [0.1, 0.15) is 0 Å². The van der Waals surface area contributed by atoms with Gasteiger partial charge in [0.2, 0.25) is 0 Å². The number of benzene rings is 1. The monoisotopic (exact) mass is 282 g/mol. The lowest BCUT2D eigenvalue weighted by Gasteiger charge is -2.38. The Bertz CT molecular complexity index is 453. The van der Waals surface area contributed by atoms with Gasteiger partial charge in [-0.05, 0) is 49.3 Å². The highest BCUT2D eigenvalue weighted by molar-refractivity contribution is 5.29. The molecule has 4 heteroatoms. The van der Waals surface area contributed by atoms with E-state index in [1.165, 1.54) is 13.2 Å². The first-order valence-corrected chi connectivity index (χ1v) is 7.17. The topological polar surface area (TPSA) is 49.7 Å². The van der Waals surface area contributed by atoms with Gasteiger partial charge in [0.05, 0.1) is 18.8 Å². The molecule has 0 amide bonds. The minimum atomic E-state index is -1.04. The van der Waals surface area contributed by atoms with E-state index in [0.717, 1.165) is 12.8 Å². The summed E-state index contributed by atoms with van der Waals surface area (Å²) < 4.78 is 18.5. The fourth-order valence-corrected chi connectivity index (χ4v) is 2.85. The van der Waals surface area contributed by atoms with Crippen molar-refractivity contribution in [2.24, 2.45) is 5.92 Å². The van der Waals surface area contributed by atoms with Gasteiger partial charge in [0, 0.05) is 6.42 Å². The summed E-state index contributed by atoms with van der Waals surface area (Å²) in [5, 5.41) is 20.8. The Morgan fingerprint density at radius 2 is 2.05 bits per heavy atom. The van der Waals surface area contributed by atoms with Gasteiger partial charge in [-0.25, -0.2) is 4.39 Å². The van der Waals surface area contributed by atoms with Crippen LogP contribution in [-0.4, -0.2) is 29.0 Å². The highest BCUT2D eigenvalue weighted by Crippen LogP contribution is 2.35. The molecule has 3 nitrogen and oxygen atoms in total. The number of hydrogen-bond acceptors (Lipinski definition) is 3. The van der Waals surface area contributed by atoms with Gasteiger partial charge in [-0.15, -0.1) is 0 Å². The largest absolute Gasteiger partial charge is 0.494 e. The average molecular weight is 282 g/mol. The molecule has 1 aromatic rings. The molecular formula is C16H23FO3. The Kier molecular flexibility index (Phi) is 4.66. The normalized spacial score (nSPS) is 28.1. The Morgan fingerprint density at radius 3 is 2.60 bits per heavy atom. The summed E-state index contributed by atoms with van der Waals surface area (Å²) in [4.78, 5) is 0. The summed E-state index contributed by atoms with van der Waals surface area (Å²) in [6, 6.07) is 4.63. The van der Waals surface area contributed by atoms with Crippen molar-refractivity contribution in [2.45, 2.75) is 50.7 Å². The van der Waals surface area contributed by atoms with Crippen molar-refractivity contribution < 1.29 is 19.3 Å². The molecule has 0 saturated heterocycles. The summed E-state index contributed by atoms with van der Waals surface area (Å²) in [6.07, 6.45) is 2.45. The molecule has 0 radical (unpaired) electrons. The third kappa shape index (κ3) is 3.30. The van der Waals surface area contributed by atoms with Crippen molar-refractivity contribution in [3.05, 3.63) is 29.6 Å². The first kappa shape index (κ1) is 15.3. The van der Waals surface area contributed by atoms with Crippen molar-refractivity contribution in [2.75, 3.05) is 7.11 Å². The van der Waals surface area contributed by atoms with Crippen LogP contribution in [0.2, 0.25) is 0 Å². The summed E-state index contributed by atoms with van der Waals surface area (Å²) in [7, 11) is 1.42. The van der Waals surface area contributed by atoms with Crippen LogP contribution in [0.5, 0.6) is 5.75 Å². The molecule has 0 aliphatic heterocycles. The van der Waals surface area contributed by atoms with Gasteiger partial charge in [-0.2, -0.15) is 0 Å². The zero-order chi connectivity index (χ0) is 14.8. The molecule has 0 bridgehead atoms. The maximum absolute atomic E-state index is 13.6. The molecule has 0 heterocycles. The van der Waals surface area contributed by atoms with E-state index in [-0.39, 0.29) is 12.2 Å². The van der Waals surface area contributed by atoms with Gasteiger partial charge in [-0.1, -0.05) is 13.0 Å². The Labute approximate surface area is 119 Å². The van der Waals surface area contributed by atoms with Gasteiger partial charge < -0.3 is 14.9 Å². The second-order valence-corrected chi connectivity index (χ2v) is 5.97. The highest BCUT2D eigenvalue weighted by atomic mass is 19.1. The van der Waals surface area contributed by atoms with E-state index in [0.29, 0.717) is 24.3 Å². The maximum Gasteiger partial charge on any atom is 0.165 e. The second kappa shape index (κ2) is 6.10. The van der Waals surface area contributed by atoms with Crippen LogP contribution in [0.25, 0.3) is 0 Å². The Morgan fingerprint density at radius 1 is 1.40 bits per heavy atom. The summed E-state index contributed by atoms with van der Waals surface area (Å²) in [5.41, 5.74) is -0.369. The second-order valence-electron chi connectivity index (χ2n) is 5.97. The molecule has 2 N–H and O–H groups in total. The molecule has 0 aromatic heterocycles. The lowest BCUT2D eigenvalue weighted by Crippen LogP contribution is -2.46. The van der Waals surface area contributed by atoms with E-state index in [1.54, 1.807) is 12.1 Å². The van der Waals surface area contributed by atoms with Crippen LogP contribution in [0.15, 0.2) is 18.2 Å². The standard InChI is InChI=1S/C16H23FO3/c1-11-5-7-16(19,8-6-11)15(18)10-12-3-4-14(20-2)13(17)9-12/h3-4,9,11,15,18-19H,5-8,10H2,1-2H3. The van der Waals surface area contributed by atoms with E-state index in [9.17, 15) is 14.6 Å². The lowest BCUT2D eigenvalue weighted by atomic mass is 9.75. The van der Waals surface area contributed by atoms with Gasteiger partial charge in [-0.3, -0.25) is 0 Å². The van der Waals surface area contributed by atoms with Crippen LogP contribution in [0.4, 0.5) is 4.39 Å². The van der Waals surface area contributed by atoms with Crippen molar-refractivity contribution in [1.82, 2.24) is 0 Å². The molecule has 20 heavy (non-hydrogen) atoms. The number of hydrogen-bond donors (Lipinski definition) is 2. The quantitative estimate of drug-likeness (QED) is 0.892. The lowest BCUT2D eigenvalue weighted by molar-refractivity contribution is -0.102. The van der Waals surface area contributed by atoms with Crippen molar-refractivity contribution in [3.63, 3.8) is 0 Å². The zero-order valence-electron chi connectivity index (χ0n) is 12.1. The molecule has 1 unspecified atom stereocenters. The molecule has 1 aromatic carbocycles. The smallest absolute Gasteiger partial charge is 0.165 e. The molecule has 1 aliphatic rings. The summed E-state index contributed by atoms with van der Waals surface area (Å²) in [5.74, 6) is 0.343. The van der Waals surface area contributed by atoms with Crippen LogP contribution < -0.4 is 4.74 Å². The van der Waals surface area contributed by atoms with E-state index >= 15 is 0 Å². The van der Waals surface area contributed by atoms with E-state index < -0.39 is 17.5 Å². The summed E-state index contributed by atoms with van der Waals surface area (Å²) in [6.45, 7) is 2.16. The fourth-order valence-electron chi connectivity index (χ4n) is 2.85. The third-order valence-electron chi connectivity index (χ3n) is 4.41. The number of methoxy groups -OCH3 is 1. The number of rotatable bonds is 4. The van der Waals surface area contributed by atoms with Crippen molar-refractivity contribution in [3.8, 4) is 5.75 Å². The van der Waals surface area contributed by atoms with Gasteiger partial charge >= 0.3 is 0 Å². The molecule has 112 valence electrons. The zero-order valence-corrected chi connectivity index (χ0v) is 12.1. The van der Waals surface area contributed by atoms with Crippen LogP contribution in [0.1, 0.15) is 38.2 Å². The van der Waals surface area contributed by atoms with Crippen molar-refractivity contribution in [1.29, 1.82) is 0 Å². The molecule has 0 spiro atoms. The number of ether oxygens (including phenoxy) is 1. The highest BCUT2D eigenvalue weighted by Gasteiger charge is 2.38. The predicted molar refractivity (Wildman–Crippen MR) is 75.2 cm³/mol. The first-order chi connectivity index (χ1) is 9.44. The van der Waals surface area contributed by atoms with E-state index in [4.69, 9.17) is 4.74 Å². The minimum absolute atomic E-state index is 0.188. The first-order valence-electron chi connectivity index (χ1n) is 7.17. The predicted octanol–water partition coefficient (Wildman–Crippen LogP) is 2.68. The van der Waals surface area contributed by atoms with Crippen LogP contribution in [0, 0.1) is 11.7 Å². The molecule has 1 saturated carbocycles. The number of halogens is 1. The minimum Gasteiger partial charge on any atom is -0.494 e. The molecular weight excluding hydrogens is 259 g/mol. The van der Waals surface area contributed by atoms with Gasteiger partial charge in [0.15, 0.2) is 11.6 Å². The molecule has 2 rings (SSSR count). The van der Waals surface area contributed by atoms with E-state index in [2.05, 4.69) is 6.92 Å². The fraction of sp³-hybridized carbons (Fsp3) is 0.625. The van der Waals surface area contributed by atoms with Crippen LogP contribution in [-0.2, 0) is 6.42 Å². The Balaban J connectivity index is 2.03. The number of aliphatic hydroxyl groups is 2. The molecule has 1 aliphatic carbocycles. The Hall–Kier alpha value is -1.13. The van der Waals surface area contributed by atoms with Crippen LogP contribution in [0.3, 0.4) is 0 Å². The third-order valence-corrected chi connectivity index (χ3v) is 4.41. The average Bonchev–Trinajstić information content (AvgIpc) is 2.42. The number of aliphatic hydroxyl groups excluding tert-OH is 1. The summed E-state index contributed by atoms with van der Waals surface area (Å²) >= 11 is 0. The van der Waals surface area contributed by atoms with Crippen LogP contribution >= 0.6 is 0 Å². The SMILES string of the molecule is COc1ccc(CC(O)C2(O)CCC(C)CC2)cc1F. The van der Waals surface area contributed by atoms with E-state index in [1.807, 2.05) is 0 Å². The molecule has 1 atom stereocenters. The van der Waals surface area contributed by atoms with Gasteiger partial charge in [0.25, 0.3) is 0 Å². The maximum atomic E-state index is 13.6.